The zero-order valence-corrected chi connectivity index (χ0v) is 8.33. The van der Waals surface area contributed by atoms with Gasteiger partial charge in [-0.15, -0.1) is 11.3 Å². The van der Waals surface area contributed by atoms with E-state index in [2.05, 4.69) is 0 Å². The first-order chi connectivity index (χ1) is 6.68. The number of hydrogen-bond donors (Lipinski definition) is 2. The second-order valence-electron chi connectivity index (χ2n) is 3.29. The molecular weight excluding hydrogens is 202 g/mol. The molecule has 0 saturated carbocycles. The average molecular weight is 213 g/mol. The molecule has 1 amide bonds. The van der Waals surface area contributed by atoms with Crippen LogP contribution in [-0.2, 0) is 6.42 Å². The first-order valence-corrected chi connectivity index (χ1v) is 5.28. The lowest BCUT2D eigenvalue weighted by Gasteiger charge is -2.18. The second kappa shape index (κ2) is 3.59. The van der Waals surface area contributed by atoms with Gasteiger partial charge in [-0.05, 0) is 23.4 Å². The molecule has 1 aromatic rings. The molecule has 2 N–H and O–H groups in total. The highest BCUT2D eigenvalue weighted by Crippen LogP contribution is 2.27. The van der Waals surface area contributed by atoms with Crippen LogP contribution in [0.1, 0.15) is 16.5 Å². The third-order valence-corrected chi connectivity index (χ3v) is 3.41. The van der Waals surface area contributed by atoms with Crippen molar-refractivity contribution in [2.45, 2.75) is 12.5 Å². The molecule has 1 aliphatic heterocycles. The summed E-state index contributed by atoms with van der Waals surface area (Å²) in [4.78, 5) is 13.1. The summed E-state index contributed by atoms with van der Waals surface area (Å²) in [6, 6.07) is 1.87. The van der Waals surface area contributed by atoms with E-state index in [0.29, 0.717) is 13.0 Å². The molecule has 0 fully saturated rings. The van der Waals surface area contributed by atoms with Crippen molar-refractivity contribution < 1.29 is 15.0 Å². The van der Waals surface area contributed by atoms with E-state index >= 15 is 0 Å². The third kappa shape index (κ3) is 1.60. The molecule has 0 aromatic carbocycles. The third-order valence-electron chi connectivity index (χ3n) is 2.41. The largest absolute Gasteiger partial charge is 0.465 e. The number of fused-ring (bicyclic) bond motifs is 1. The molecule has 1 atom stereocenters. The Kier molecular flexibility index (Phi) is 2.43. The number of carbonyl (C=O) groups is 1. The summed E-state index contributed by atoms with van der Waals surface area (Å²) < 4.78 is 0. The van der Waals surface area contributed by atoms with Crippen molar-refractivity contribution in [2.75, 3.05) is 13.1 Å². The first kappa shape index (κ1) is 9.48. The van der Waals surface area contributed by atoms with Crippen molar-refractivity contribution in [2.24, 2.45) is 0 Å². The fourth-order valence-corrected chi connectivity index (χ4v) is 2.59. The Morgan fingerprint density at radius 2 is 2.43 bits per heavy atom. The highest BCUT2D eigenvalue weighted by molar-refractivity contribution is 7.10. The van der Waals surface area contributed by atoms with Crippen LogP contribution in [0.3, 0.4) is 0 Å². The number of amides is 1. The summed E-state index contributed by atoms with van der Waals surface area (Å²) in [7, 11) is 0. The van der Waals surface area contributed by atoms with Crippen LogP contribution >= 0.6 is 11.3 Å². The average Bonchev–Trinajstić information content (AvgIpc) is 2.54. The maximum Gasteiger partial charge on any atom is 0.407 e. The molecule has 2 rings (SSSR count). The van der Waals surface area contributed by atoms with Crippen molar-refractivity contribution in [3.8, 4) is 0 Å². The highest BCUT2D eigenvalue weighted by Gasteiger charge is 2.24. The van der Waals surface area contributed by atoms with E-state index in [0.717, 1.165) is 10.4 Å². The molecule has 0 bridgehead atoms. The SMILES string of the molecule is O=C(O)N1CCc2sccc2[C@H](O)C1. The van der Waals surface area contributed by atoms with Crippen LogP contribution in [0.4, 0.5) is 4.79 Å². The van der Waals surface area contributed by atoms with Gasteiger partial charge in [0.1, 0.15) is 0 Å². The van der Waals surface area contributed by atoms with Crippen molar-refractivity contribution >= 4 is 17.4 Å². The number of aliphatic hydroxyl groups is 1. The summed E-state index contributed by atoms with van der Waals surface area (Å²) in [5, 5.41) is 20.5. The van der Waals surface area contributed by atoms with Crippen LogP contribution < -0.4 is 0 Å². The monoisotopic (exact) mass is 213 g/mol. The standard InChI is InChI=1S/C9H11NO3S/c11-7-5-10(9(12)13)3-1-8-6(7)2-4-14-8/h2,4,7,11H,1,3,5H2,(H,12,13)/t7-/m1/s1. The van der Waals surface area contributed by atoms with E-state index in [4.69, 9.17) is 5.11 Å². The van der Waals surface area contributed by atoms with E-state index in [1.54, 1.807) is 11.3 Å². The summed E-state index contributed by atoms with van der Waals surface area (Å²) >= 11 is 1.58. The van der Waals surface area contributed by atoms with Crippen LogP contribution in [0.25, 0.3) is 0 Å². The normalized spacial score (nSPS) is 21.5. The van der Waals surface area contributed by atoms with Crippen LogP contribution in [0.5, 0.6) is 0 Å². The first-order valence-electron chi connectivity index (χ1n) is 4.40. The summed E-state index contributed by atoms with van der Waals surface area (Å²) in [6.45, 7) is 0.652. The number of thiophene rings is 1. The Hall–Kier alpha value is -1.07. The van der Waals surface area contributed by atoms with Gasteiger partial charge in [-0.2, -0.15) is 0 Å². The van der Waals surface area contributed by atoms with Crippen molar-refractivity contribution in [1.82, 2.24) is 4.90 Å². The summed E-state index contributed by atoms with van der Waals surface area (Å²) in [5.74, 6) is 0. The lowest BCUT2D eigenvalue weighted by atomic mass is 10.1. The quantitative estimate of drug-likeness (QED) is 0.683. The number of hydrogen-bond acceptors (Lipinski definition) is 3. The predicted molar refractivity (Wildman–Crippen MR) is 52.6 cm³/mol. The van der Waals surface area contributed by atoms with Crippen molar-refractivity contribution in [3.05, 3.63) is 21.9 Å². The van der Waals surface area contributed by atoms with Gasteiger partial charge in [-0.25, -0.2) is 4.79 Å². The number of β-amino-alcohol motifs (C(OH)–C–C–N with tert-alkyl or cyclic N) is 1. The zero-order chi connectivity index (χ0) is 10.1. The van der Waals surface area contributed by atoms with Gasteiger partial charge < -0.3 is 15.1 Å². The summed E-state index contributed by atoms with van der Waals surface area (Å²) in [5.41, 5.74) is 0.888. The van der Waals surface area contributed by atoms with Crippen LogP contribution in [0, 0.1) is 0 Å². The molecule has 0 spiro atoms. The molecule has 0 radical (unpaired) electrons. The Balaban J connectivity index is 2.22. The van der Waals surface area contributed by atoms with Gasteiger partial charge in [0.15, 0.2) is 0 Å². The summed E-state index contributed by atoms with van der Waals surface area (Å²) in [6.07, 6.45) is -0.926. The Morgan fingerprint density at radius 1 is 1.64 bits per heavy atom. The van der Waals surface area contributed by atoms with Gasteiger partial charge in [0.05, 0.1) is 12.6 Å². The van der Waals surface area contributed by atoms with E-state index in [9.17, 15) is 9.90 Å². The minimum absolute atomic E-state index is 0.180. The van der Waals surface area contributed by atoms with E-state index in [1.165, 1.54) is 4.90 Å². The maximum atomic E-state index is 10.7. The Bertz CT molecular complexity index is 350. The maximum absolute atomic E-state index is 10.7. The van der Waals surface area contributed by atoms with Gasteiger partial charge in [0, 0.05) is 11.4 Å². The molecule has 14 heavy (non-hydrogen) atoms. The number of nitrogens with zero attached hydrogens (tertiary/aromatic N) is 1. The molecule has 5 heteroatoms. The van der Waals surface area contributed by atoms with Crippen molar-refractivity contribution in [3.63, 3.8) is 0 Å². The molecular formula is C9H11NO3S. The van der Waals surface area contributed by atoms with Crippen LogP contribution in [0.2, 0.25) is 0 Å². The lowest BCUT2D eigenvalue weighted by Crippen LogP contribution is -2.33. The van der Waals surface area contributed by atoms with Gasteiger partial charge in [-0.3, -0.25) is 0 Å². The molecule has 4 nitrogen and oxygen atoms in total. The van der Waals surface area contributed by atoms with Gasteiger partial charge >= 0.3 is 6.09 Å². The number of rotatable bonds is 0. The molecule has 1 aromatic heterocycles. The Labute approximate surface area is 85.4 Å². The van der Waals surface area contributed by atoms with Gasteiger partial charge in [-0.1, -0.05) is 0 Å². The minimum Gasteiger partial charge on any atom is -0.465 e. The lowest BCUT2D eigenvalue weighted by molar-refractivity contribution is 0.102. The number of aliphatic hydroxyl groups excluding tert-OH is 1. The molecule has 1 aliphatic rings. The number of carboxylic acid groups (broad SMARTS) is 1. The van der Waals surface area contributed by atoms with Crippen molar-refractivity contribution in [1.29, 1.82) is 0 Å². The van der Waals surface area contributed by atoms with Gasteiger partial charge in [0.25, 0.3) is 0 Å². The smallest absolute Gasteiger partial charge is 0.407 e. The molecule has 0 saturated heterocycles. The zero-order valence-electron chi connectivity index (χ0n) is 7.51. The Morgan fingerprint density at radius 3 is 3.14 bits per heavy atom. The topological polar surface area (TPSA) is 60.8 Å². The fourth-order valence-electron chi connectivity index (χ4n) is 1.66. The van der Waals surface area contributed by atoms with E-state index in [1.807, 2.05) is 11.4 Å². The highest BCUT2D eigenvalue weighted by atomic mass is 32.1. The minimum atomic E-state index is -0.959. The molecule has 76 valence electrons. The van der Waals surface area contributed by atoms with E-state index < -0.39 is 12.2 Å². The molecule has 0 aliphatic carbocycles. The van der Waals surface area contributed by atoms with E-state index in [-0.39, 0.29) is 6.54 Å². The van der Waals surface area contributed by atoms with Gasteiger partial charge in [0.2, 0.25) is 0 Å². The predicted octanol–water partition coefficient (Wildman–Crippen LogP) is 1.32. The van der Waals surface area contributed by atoms with Crippen LogP contribution in [-0.4, -0.2) is 34.3 Å². The second-order valence-corrected chi connectivity index (χ2v) is 4.29. The molecule has 0 unspecified atom stereocenters. The fraction of sp³-hybridized carbons (Fsp3) is 0.444. The molecule has 2 heterocycles. The van der Waals surface area contributed by atoms with Crippen LogP contribution in [0.15, 0.2) is 11.4 Å².